The van der Waals surface area contributed by atoms with Crippen molar-refractivity contribution in [3.63, 3.8) is 0 Å². The highest BCUT2D eigenvalue weighted by molar-refractivity contribution is 9.11. The van der Waals surface area contributed by atoms with Crippen LogP contribution in [-0.4, -0.2) is 0 Å². The summed E-state index contributed by atoms with van der Waals surface area (Å²) in [5, 5.41) is 2.65. The first-order valence-electron chi connectivity index (χ1n) is 6.34. The molecule has 0 aliphatic heterocycles. The lowest BCUT2D eigenvalue weighted by Crippen LogP contribution is -1.96. The lowest BCUT2D eigenvalue weighted by Gasteiger charge is -2.16. The topological polar surface area (TPSA) is 0 Å². The van der Waals surface area contributed by atoms with Crippen molar-refractivity contribution < 1.29 is 0 Å². The van der Waals surface area contributed by atoms with Gasteiger partial charge in [-0.3, -0.25) is 0 Å². The molecule has 0 spiro atoms. The van der Waals surface area contributed by atoms with Crippen LogP contribution in [0.1, 0.15) is 16.5 Å². The molecule has 3 rings (SSSR count). The quantitative estimate of drug-likeness (QED) is 0.362. The second-order valence-electron chi connectivity index (χ2n) is 4.71. The van der Waals surface area contributed by atoms with Crippen LogP contribution in [0.3, 0.4) is 0 Å². The molecular formula is C17H10Br2Cl2. The molecule has 1 unspecified atom stereocenters. The van der Waals surface area contributed by atoms with Crippen LogP contribution in [0.15, 0.2) is 63.5 Å². The van der Waals surface area contributed by atoms with E-state index in [1.807, 2.05) is 42.5 Å². The van der Waals surface area contributed by atoms with Gasteiger partial charge in [0.2, 0.25) is 0 Å². The van der Waals surface area contributed by atoms with Gasteiger partial charge in [-0.1, -0.05) is 73.8 Å². The molecular weight excluding hydrogens is 435 g/mol. The van der Waals surface area contributed by atoms with Crippen LogP contribution in [0.2, 0.25) is 5.02 Å². The van der Waals surface area contributed by atoms with Gasteiger partial charge in [0.15, 0.2) is 0 Å². The van der Waals surface area contributed by atoms with Gasteiger partial charge in [-0.25, -0.2) is 0 Å². The summed E-state index contributed by atoms with van der Waals surface area (Å²) in [6, 6.07) is 18.0. The van der Waals surface area contributed by atoms with Gasteiger partial charge in [-0.05, 0) is 46.2 Å². The molecule has 4 heteroatoms. The van der Waals surface area contributed by atoms with Crippen molar-refractivity contribution in [2.75, 3.05) is 0 Å². The molecule has 21 heavy (non-hydrogen) atoms. The van der Waals surface area contributed by atoms with Crippen LogP contribution in [-0.2, 0) is 0 Å². The summed E-state index contributed by atoms with van der Waals surface area (Å²) in [5.74, 6) is 0. The molecule has 0 heterocycles. The Morgan fingerprint density at radius 2 is 1.52 bits per heavy atom. The Bertz CT molecular complexity index is 815. The van der Waals surface area contributed by atoms with E-state index >= 15 is 0 Å². The van der Waals surface area contributed by atoms with Gasteiger partial charge in [0.1, 0.15) is 0 Å². The monoisotopic (exact) mass is 442 g/mol. The molecule has 0 amide bonds. The molecule has 0 bridgehead atoms. The molecule has 0 aromatic heterocycles. The van der Waals surface area contributed by atoms with E-state index in [2.05, 4.69) is 44.0 Å². The van der Waals surface area contributed by atoms with Crippen LogP contribution < -0.4 is 0 Å². The minimum absolute atomic E-state index is 0.298. The maximum absolute atomic E-state index is 6.72. The lowest BCUT2D eigenvalue weighted by molar-refractivity contribution is 1.15. The predicted octanol–water partition coefficient (Wildman–Crippen LogP) is 7.35. The van der Waals surface area contributed by atoms with Crippen molar-refractivity contribution in [1.29, 1.82) is 0 Å². The highest BCUT2D eigenvalue weighted by Crippen LogP contribution is 2.39. The van der Waals surface area contributed by atoms with Gasteiger partial charge >= 0.3 is 0 Å². The number of rotatable bonds is 2. The van der Waals surface area contributed by atoms with E-state index < -0.39 is 0 Å². The first kappa shape index (κ1) is 15.4. The maximum Gasteiger partial charge on any atom is 0.0856 e. The Morgan fingerprint density at radius 3 is 2.29 bits per heavy atom. The molecule has 0 nitrogen and oxygen atoms in total. The Kier molecular flexibility index (Phi) is 4.60. The lowest BCUT2D eigenvalue weighted by atomic mass is 9.98. The fourth-order valence-electron chi connectivity index (χ4n) is 2.38. The smallest absolute Gasteiger partial charge is 0.0856 e. The Hall–Kier alpha value is -0.540. The molecule has 0 radical (unpaired) electrons. The number of fused-ring (bicyclic) bond motifs is 1. The SMILES string of the molecule is Clc1ccc(Br)cc1C(Cl)c1ccc(Br)c2ccccc12. The van der Waals surface area contributed by atoms with Gasteiger partial charge < -0.3 is 0 Å². The fraction of sp³-hybridized carbons (Fsp3) is 0.0588. The Morgan fingerprint density at radius 1 is 0.810 bits per heavy atom. The summed E-state index contributed by atoms with van der Waals surface area (Å²) in [7, 11) is 0. The minimum Gasteiger partial charge on any atom is -0.113 e. The van der Waals surface area contributed by atoms with Gasteiger partial charge in [0.05, 0.1) is 5.38 Å². The first-order chi connectivity index (χ1) is 10.1. The van der Waals surface area contributed by atoms with E-state index in [9.17, 15) is 0 Å². The van der Waals surface area contributed by atoms with Gasteiger partial charge in [-0.2, -0.15) is 0 Å². The average Bonchev–Trinajstić information content (AvgIpc) is 2.50. The molecule has 3 aromatic carbocycles. The van der Waals surface area contributed by atoms with E-state index in [0.29, 0.717) is 5.02 Å². The van der Waals surface area contributed by atoms with Gasteiger partial charge in [0, 0.05) is 14.0 Å². The first-order valence-corrected chi connectivity index (χ1v) is 8.74. The molecule has 0 fully saturated rings. The largest absolute Gasteiger partial charge is 0.113 e. The van der Waals surface area contributed by atoms with Crippen LogP contribution in [0.4, 0.5) is 0 Å². The summed E-state index contributed by atoms with van der Waals surface area (Å²) in [6.07, 6.45) is 0. The maximum atomic E-state index is 6.72. The third-order valence-corrected chi connectivity index (χ3v) is 5.41. The van der Waals surface area contributed by atoms with Crippen molar-refractivity contribution in [2.45, 2.75) is 5.38 Å². The second kappa shape index (κ2) is 6.29. The van der Waals surface area contributed by atoms with Crippen LogP contribution in [0, 0.1) is 0 Å². The van der Waals surface area contributed by atoms with E-state index in [1.165, 1.54) is 0 Å². The summed E-state index contributed by atoms with van der Waals surface area (Å²) in [5.41, 5.74) is 1.95. The number of alkyl halides is 1. The number of benzene rings is 3. The van der Waals surface area contributed by atoms with Crippen LogP contribution in [0.5, 0.6) is 0 Å². The molecule has 0 aliphatic rings. The third-order valence-electron chi connectivity index (χ3n) is 3.41. The molecule has 3 aromatic rings. The summed E-state index contributed by atoms with van der Waals surface area (Å²) < 4.78 is 2.03. The fourth-order valence-corrected chi connectivity index (χ4v) is 3.89. The van der Waals surface area contributed by atoms with Crippen molar-refractivity contribution in [3.8, 4) is 0 Å². The Balaban J connectivity index is 2.20. The van der Waals surface area contributed by atoms with E-state index in [1.54, 1.807) is 0 Å². The van der Waals surface area contributed by atoms with Gasteiger partial charge in [-0.15, -0.1) is 11.6 Å². The molecule has 0 N–H and O–H groups in total. The summed E-state index contributed by atoms with van der Waals surface area (Å²) in [6.45, 7) is 0. The van der Waals surface area contributed by atoms with Crippen LogP contribution in [0.25, 0.3) is 10.8 Å². The number of hydrogen-bond donors (Lipinski definition) is 0. The van der Waals surface area contributed by atoms with Crippen molar-refractivity contribution in [3.05, 3.63) is 79.7 Å². The standard InChI is InChI=1S/C17H10Br2Cl2/c18-10-5-8-16(20)14(9-10)17(21)13-6-7-15(19)12-4-2-1-3-11(12)13/h1-9,17H. The summed E-state index contributed by atoms with van der Waals surface area (Å²) in [4.78, 5) is 0. The minimum atomic E-state index is -0.298. The zero-order valence-corrected chi connectivity index (χ0v) is 15.5. The summed E-state index contributed by atoms with van der Waals surface area (Å²) >= 11 is 20.1. The third kappa shape index (κ3) is 3.00. The zero-order chi connectivity index (χ0) is 15.0. The number of halogens is 4. The molecule has 0 aliphatic carbocycles. The second-order valence-corrected chi connectivity index (χ2v) is 7.32. The van der Waals surface area contributed by atoms with Crippen molar-refractivity contribution in [1.82, 2.24) is 0 Å². The number of hydrogen-bond acceptors (Lipinski definition) is 0. The zero-order valence-electron chi connectivity index (χ0n) is 10.8. The van der Waals surface area contributed by atoms with Crippen molar-refractivity contribution >= 4 is 65.8 Å². The normalized spacial score (nSPS) is 12.6. The van der Waals surface area contributed by atoms with E-state index in [0.717, 1.165) is 30.8 Å². The van der Waals surface area contributed by atoms with Crippen LogP contribution >= 0.6 is 55.1 Å². The molecule has 0 saturated carbocycles. The molecule has 0 saturated heterocycles. The molecule has 1 atom stereocenters. The highest BCUT2D eigenvalue weighted by Gasteiger charge is 2.17. The highest BCUT2D eigenvalue weighted by atomic mass is 79.9. The average molecular weight is 445 g/mol. The Labute approximate surface area is 150 Å². The molecule has 106 valence electrons. The van der Waals surface area contributed by atoms with Crippen molar-refractivity contribution in [2.24, 2.45) is 0 Å². The van der Waals surface area contributed by atoms with E-state index in [-0.39, 0.29) is 5.38 Å². The van der Waals surface area contributed by atoms with Gasteiger partial charge in [0.25, 0.3) is 0 Å². The van der Waals surface area contributed by atoms with E-state index in [4.69, 9.17) is 23.2 Å². The predicted molar refractivity (Wildman–Crippen MR) is 98.5 cm³/mol.